The molecule has 0 amide bonds. The summed E-state index contributed by atoms with van der Waals surface area (Å²) in [5.74, 6) is -0.834. The lowest BCUT2D eigenvalue weighted by molar-refractivity contribution is -0.167. The van der Waals surface area contributed by atoms with Gasteiger partial charge in [0, 0.05) is 19.3 Å². The highest BCUT2D eigenvalue weighted by Gasteiger charge is 2.20. The van der Waals surface area contributed by atoms with Crippen LogP contribution in [0.15, 0.2) is 24.3 Å². The lowest BCUT2D eigenvalue weighted by Gasteiger charge is -2.18. The van der Waals surface area contributed by atoms with Gasteiger partial charge in [0.1, 0.15) is 13.2 Å². The molecule has 0 aromatic heterocycles. The van der Waals surface area contributed by atoms with Crippen molar-refractivity contribution in [1.82, 2.24) is 0 Å². The van der Waals surface area contributed by atoms with Crippen LogP contribution >= 0.6 is 0 Å². The molecule has 0 aliphatic rings. The molecular weight excluding hydrogens is 997 g/mol. The predicted octanol–water partition coefficient (Wildman–Crippen LogP) is 25.3. The Hall–Kier alpha value is -2.11. The number of ether oxygens (including phenoxy) is 3. The van der Waals surface area contributed by atoms with Crippen LogP contribution in [0.3, 0.4) is 0 Å². The summed E-state index contributed by atoms with van der Waals surface area (Å²) in [6, 6.07) is 0. The molecule has 0 aliphatic carbocycles. The maximum atomic E-state index is 13.0. The Balaban J connectivity index is 4.25. The van der Waals surface area contributed by atoms with E-state index in [1.165, 1.54) is 315 Å². The molecule has 0 aromatic rings. The normalized spacial score (nSPS) is 12.1. The van der Waals surface area contributed by atoms with Crippen LogP contribution in [-0.2, 0) is 28.6 Å². The molecule has 478 valence electrons. The summed E-state index contributed by atoms with van der Waals surface area (Å²) < 4.78 is 17.0. The maximum Gasteiger partial charge on any atom is 0.306 e. The second-order valence-electron chi connectivity index (χ2n) is 25.2. The molecule has 0 spiro atoms. The number of rotatable bonds is 69. The molecule has 0 N–H and O–H groups in total. The highest BCUT2D eigenvalue weighted by atomic mass is 16.6. The van der Waals surface area contributed by atoms with Crippen LogP contribution in [0.1, 0.15) is 419 Å². The predicted molar refractivity (Wildman–Crippen MR) is 353 cm³/mol. The molecule has 1 unspecified atom stereocenters. The zero-order valence-electron chi connectivity index (χ0n) is 55.1. The van der Waals surface area contributed by atoms with Crippen molar-refractivity contribution in [2.24, 2.45) is 0 Å². The molecule has 0 saturated heterocycles. The van der Waals surface area contributed by atoms with Crippen LogP contribution in [0.2, 0.25) is 0 Å². The van der Waals surface area contributed by atoms with Crippen molar-refractivity contribution in [3.63, 3.8) is 0 Å². The van der Waals surface area contributed by atoms with Crippen molar-refractivity contribution in [1.29, 1.82) is 0 Å². The van der Waals surface area contributed by atoms with Gasteiger partial charge in [0.15, 0.2) is 6.10 Å². The molecule has 0 bridgehead atoms. The fourth-order valence-electron chi connectivity index (χ4n) is 11.4. The SMILES string of the molecule is CCCCC/C=C\C/C=C\CCCCCCCCCCCC(=O)OC(COC(=O)CCCCCCCCCCCCCCCCCCCC)COC(=O)CCCCCCCCCCCCCCCCCCCCCCCCCCCC. The summed E-state index contributed by atoms with van der Waals surface area (Å²) >= 11 is 0. The average molecular weight is 1140 g/mol. The van der Waals surface area contributed by atoms with Gasteiger partial charge < -0.3 is 14.2 Å². The van der Waals surface area contributed by atoms with Gasteiger partial charge in [-0.25, -0.2) is 0 Å². The lowest BCUT2D eigenvalue weighted by Crippen LogP contribution is -2.30. The molecule has 0 rings (SSSR count). The van der Waals surface area contributed by atoms with Crippen molar-refractivity contribution in [2.75, 3.05) is 13.2 Å². The van der Waals surface area contributed by atoms with Crippen LogP contribution < -0.4 is 0 Å². The summed E-state index contributed by atoms with van der Waals surface area (Å²) in [5.41, 5.74) is 0. The number of unbranched alkanes of at least 4 members (excludes halogenated alkanes) is 54. The Morgan fingerprint density at radius 1 is 0.247 bits per heavy atom. The third kappa shape index (κ3) is 68.6. The molecule has 0 heterocycles. The number of allylic oxidation sites excluding steroid dienone is 4. The molecule has 0 fully saturated rings. The van der Waals surface area contributed by atoms with Crippen molar-refractivity contribution in [3.8, 4) is 0 Å². The fraction of sp³-hybridized carbons (Fsp3) is 0.907. The Morgan fingerprint density at radius 2 is 0.444 bits per heavy atom. The van der Waals surface area contributed by atoms with Crippen LogP contribution in [0, 0.1) is 0 Å². The largest absolute Gasteiger partial charge is 0.462 e. The van der Waals surface area contributed by atoms with Gasteiger partial charge in [0.25, 0.3) is 0 Å². The molecule has 0 aliphatic heterocycles. The minimum Gasteiger partial charge on any atom is -0.462 e. The average Bonchev–Trinajstić information content (AvgIpc) is 3.47. The molecule has 0 radical (unpaired) electrons. The van der Waals surface area contributed by atoms with E-state index in [1.807, 2.05) is 0 Å². The van der Waals surface area contributed by atoms with Gasteiger partial charge in [-0.05, 0) is 51.4 Å². The van der Waals surface area contributed by atoms with Crippen LogP contribution in [-0.4, -0.2) is 37.2 Å². The number of hydrogen-bond acceptors (Lipinski definition) is 6. The highest BCUT2D eigenvalue weighted by Crippen LogP contribution is 2.19. The third-order valence-corrected chi connectivity index (χ3v) is 17.0. The molecule has 81 heavy (non-hydrogen) atoms. The van der Waals surface area contributed by atoms with Crippen molar-refractivity contribution >= 4 is 17.9 Å². The highest BCUT2D eigenvalue weighted by molar-refractivity contribution is 5.71. The van der Waals surface area contributed by atoms with E-state index < -0.39 is 6.10 Å². The van der Waals surface area contributed by atoms with Crippen molar-refractivity contribution < 1.29 is 28.6 Å². The molecule has 6 nitrogen and oxygen atoms in total. The van der Waals surface area contributed by atoms with Crippen LogP contribution in [0.5, 0.6) is 0 Å². The zero-order chi connectivity index (χ0) is 58.5. The smallest absolute Gasteiger partial charge is 0.306 e. The van der Waals surface area contributed by atoms with E-state index in [1.54, 1.807) is 0 Å². The minimum atomic E-state index is -0.771. The topological polar surface area (TPSA) is 78.9 Å². The van der Waals surface area contributed by atoms with E-state index in [9.17, 15) is 14.4 Å². The van der Waals surface area contributed by atoms with Gasteiger partial charge in [-0.3, -0.25) is 14.4 Å². The van der Waals surface area contributed by atoms with Crippen molar-refractivity contribution in [2.45, 2.75) is 425 Å². The number of esters is 3. The van der Waals surface area contributed by atoms with Gasteiger partial charge in [0.05, 0.1) is 0 Å². The first kappa shape index (κ1) is 78.9. The molecular formula is C75H142O6. The van der Waals surface area contributed by atoms with E-state index >= 15 is 0 Å². The van der Waals surface area contributed by atoms with E-state index in [0.29, 0.717) is 19.3 Å². The Labute approximate surface area is 506 Å². The third-order valence-electron chi connectivity index (χ3n) is 17.0. The van der Waals surface area contributed by atoms with Gasteiger partial charge in [0.2, 0.25) is 0 Å². The zero-order valence-corrected chi connectivity index (χ0v) is 55.1. The van der Waals surface area contributed by atoms with Gasteiger partial charge >= 0.3 is 17.9 Å². The lowest BCUT2D eigenvalue weighted by atomic mass is 10.0. The van der Waals surface area contributed by atoms with E-state index in [4.69, 9.17) is 14.2 Å². The molecule has 1 atom stereocenters. The second kappa shape index (κ2) is 70.4. The van der Waals surface area contributed by atoms with Crippen LogP contribution in [0.4, 0.5) is 0 Å². The number of carbonyl (C=O) groups is 3. The van der Waals surface area contributed by atoms with Crippen molar-refractivity contribution in [3.05, 3.63) is 24.3 Å². The Bertz CT molecular complexity index is 1310. The summed E-state index contributed by atoms with van der Waals surface area (Å²) in [5, 5.41) is 0. The number of hydrogen-bond donors (Lipinski definition) is 0. The summed E-state index contributed by atoms with van der Waals surface area (Å²) in [4.78, 5) is 38.5. The Kier molecular flexibility index (Phi) is 68.5. The van der Waals surface area contributed by atoms with E-state index in [0.717, 1.165) is 64.2 Å². The summed E-state index contributed by atoms with van der Waals surface area (Å²) in [6.07, 6.45) is 86.4. The standard InChI is InChI=1S/C75H142O6/c1-4-7-10-13-16-19-22-25-28-31-34-35-36-37-38-39-40-42-44-47-50-53-56-59-62-65-68-74(77)80-71-72(70-79-73(76)67-64-61-58-55-52-49-46-43-33-30-27-24-21-18-15-12-9-6-3)81-75(78)69-66-63-60-57-54-51-48-45-41-32-29-26-23-20-17-14-11-8-5-2/h17,20,26,29,72H,4-16,18-19,21-25,27-28,30-71H2,1-3H3/b20-17-,29-26-. The molecule has 0 saturated carbocycles. The van der Waals surface area contributed by atoms with Gasteiger partial charge in [-0.15, -0.1) is 0 Å². The first-order chi connectivity index (χ1) is 40.0. The van der Waals surface area contributed by atoms with Gasteiger partial charge in [-0.2, -0.15) is 0 Å². The monoisotopic (exact) mass is 1140 g/mol. The minimum absolute atomic E-state index is 0.0661. The molecule has 6 heteroatoms. The summed E-state index contributed by atoms with van der Waals surface area (Å²) in [7, 11) is 0. The van der Waals surface area contributed by atoms with E-state index in [-0.39, 0.29) is 31.1 Å². The fourth-order valence-corrected chi connectivity index (χ4v) is 11.4. The van der Waals surface area contributed by atoms with Gasteiger partial charge in [-0.1, -0.05) is 373 Å². The molecule has 0 aromatic carbocycles. The summed E-state index contributed by atoms with van der Waals surface area (Å²) in [6.45, 7) is 6.71. The number of carbonyl (C=O) groups excluding carboxylic acids is 3. The maximum absolute atomic E-state index is 13.0. The first-order valence-corrected chi connectivity index (χ1v) is 36.8. The Morgan fingerprint density at radius 3 is 0.704 bits per heavy atom. The van der Waals surface area contributed by atoms with Crippen LogP contribution in [0.25, 0.3) is 0 Å². The first-order valence-electron chi connectivity index (χ1n) is 36.8. The second-order valence-corrected chi connectivity index (χ2v) is 25.2. The quantitative estimate of drug-likeness (QED) is 0.0261. The van der Waals surface area contributed by atoms with E-state index in [2.05, 4.69) is 45.1 Å².